The molecular formula is C18H19N3O. The summed E-state index contributed by atoms with van der Waals surface area (Å²) in [6, 6.07) is 10.4. The number of aliphatic imine (C=N–C) groups is 1. The Morgan fingerprint density at radius 3 is 2.82 bits per heavy atom. The zero-order valence-corrected chi connectivity index (χ0v) is 12.6. The van der Waals surface area contributed by atoms with Gasteiger partial charge in [0.15, 0.2) is 5.84 Å². The lowest BCUT2D eigenvalue weighted by molar-refractivity contribution is -0.126. The monoisotopic (exact) mass is 293 g/mol. The van der Waals surface area contributed by atoms with Crippen molar-refractivity contribution in [2.75, 3.05) is 6.54 Å². The molecule has 1 amide bonds. The summed E-state index contributed by atoms with van der Waals surface area (Å²) < 4.78 is 0. The third-order valence-electron chi connectivity index (χ3n) is 4.88. The molecule has 0 spiro atoms. The summed E-state index contributed by atoms with van der Waals surface area (Å²) in [5.74, 6) is 0.363. The molecule has 1 aromatic carbocycles. The highest BCUT2D eigenvalue weighted by atomic mass is 16.2. The molecule has 22 heavy (non-hydrogen) atoms. The number of rotatable bonds is 1. The molecule has 0 saturated carbocycles. The van der Waals surface area contributed by atoms with Gasteiger partial charge in [-0.15, -0.1) is 0 Å². The van der Waals surface area contributed by atoms with Gasteiger partial charge < -0.3 is 10.6 Å². The highest BCUT2D eigenvalue weighted by Gasteiger charge is 2.47. The van der Waals surface area contributed by atoms with Crippen molar-refractivity contribution in [3.63, 3.8) is 0 Å². The highest BCUT2D eigenvalue weighted by molar-refractivity contribution is 6.37. The van der Waals surface area contributed by atoms with E-state index in [0.717, 1.165) is 6.42 Å². The van der Waals surface area contributed by atoms with Gasteiger partial charge in [0.25, 0.3) is 5.91 Å². The smallest absolute Gasteiger partial charge is 0.289 e. The summed E-state index contributed by atoms with van der Waals surface area (Å²) in [6.07, 6.45) is 5.40. The number of carbonyl (C=O) groups is 1. The van der Waals surface area contributed by atoms with E-state index in [2.05, 4.69) is 36.2 Å². The molecule has 1 saturated heterocycles. The Hall–Kier alpha value is -2.36. The molecule has 2 heterocycles. The van der Waals surface area contributed by atoms with Crippen LogP contribution >= 0.6 is 0 Å². The van der Waals surface area contributed by atoms with Gasteiger partial charge in [0.2, 0.25) is 0 Å². The fourth-order valence-electron chi connectivity index (χ4n) is 4.03. The van der Waals surface area contributed by atoms with Gasteiger partial charge in [0.1, 0.15) is 0 Å². The van der Waals surface area contributed by atoms with Crippen LogP contribution in [0.1, 0.15) is 24.9 Å². The Labute approximate surface area is 130 Å². The Kier molecular flexibility index (Phi) is 2.93. The summed E-state index contributed by atoms with van der Waals surface area (Å²) >= 11 is 0. The van der Waals surface area contributed by atoms with Gasteiger partial charge in [-0.05, 0) is 24.5 Å². The quantitative estimate of drug-likeness (QED) is 0.863. The van der Waals surface area contributed by atoms with Crippen LogP contribution in [-0.4, -0.2) is 29.2 Å². The second-order valence-corrected chi connectivity index (χ2v) is 6.31. The van der Waals surface area contributed by atoms with E-state index in [0.29, 0.717) is 12.5 Å². The van der Waals surface area contributed by atoms with E-state index in [-0.39, 0.29) is 23.8 Å². The van der Waals surface area contributed by atoms with Crippen molar-refractivity contribution in [1.29, 1.82) is 0 Å². The first kappa shape index (κ1) is 13.3. The number of hydrogen-bond acceptors (Lipinski definition) is 3. The zero-order chi connectivity index (χ0) is 15.3. The van der Waals surface area contributed by atoms with Crippen LogP contribution < -0.4 is 5.73 Å². The SMILES string of the molecule is CC1=CC2CC(c3ccccc3)N3C(=O)C(N)=NCC(=C1)C23. The van der Waals surface area contributed by atoms with Gasteiger partial charge in [-0.2, -0.15) is 0 Å². The van der Waals surface area contributed by atoms with Crippen molar-refractivity contribution >= 4 is 11.7 Å². The number of allylic oxidation sites excluding steroid dienone is 2. The summed E-state index contributed by atoms with van der Waals surface area (Å²) in [6.45, 7) is 2.64. The molecule has 0 aromatic heterocycles. The number of benzene rings is 1. The van der Waals surface area contributed by atoms with Crippen molar-refractivity contribution in [2.45, 2.75) is 25.4 Å². The Balaban J connectivity index is 1.84. The molecule has 4 heteroatoms. The summed E-state index contributed by atoms with van der Waals surface area (Å²) in [5, 5.41) is 0. The van der Waals surface area contributed by atoms with E-state index in [1.54, 1.807) is 0 Å². The lowest BCUT2D eigenvalue weighted by atomic mass is 9.85. The standard InChI is InChI=1S/C18H19N3O/c1-11-7-13-9-15(12-5-3-2-4-6-12)21-16(13)14(8-11)10-20-17(19)18(21)22/h2-8,13,15-16H,9-10H2,1H3,(H2,19,20). The number of carbonyl (C=O) groups excluding carboxylic acids is 1. The van der Waals surface area contributed by atoms with E-state index in [1.807, 2.05) is 23.1 Å². The largest absolute Gasteiger partial charge is 0.379 e. The molecule has 3 unspecified atom stereocenters. The molecule has 112 valence electrons. The maximum atomic E-state index is 12.7. The number of amidine groups is 1. The summed E-state index contributed by atoms with van der Waals surface area (Å²) in [5.41, 5.74) is 9.54. The number of hydrogen-bond donors (Lipinski definition) is 1. The number of nitrogens with zero attached hydrogens (tertiary/aromatic N) is 2. The Bertz CT molecular complexity index is 717. The number of amides is 1. The maximum Gasteiger partial charge on any atom is 0.289 e. The minimum Gasteiger partial charge on any atom is -0.379 e. The van der Waals surface area contributed by atoms with Gasteiger partial charge in [-0.3, -0.25) is 9.79 Å². The van der Waals surface area contributed by atoms with Crippen LogP contribution in [0.15, 0.2) is 58.6 Å². The first-order valence-corrected chi connectivity index (χ1v) is 7.71. The van der Waals surface area contributed by atoms with Gasteiger partial charge in [-0.25, -0.2) is 0 Å². The second kappa shape index (κ2) is 4.83. The van der Waals surface area contributed by atoms with E-state index in [1.165, 1.54) is 16.7 Å². The average molecular weight is 293 g/mol. The van der Waals surface area contributed by atoms with Gasteiger partial charge in [0.05, 0.1) is 18.6 Å². The zero-order valence-electron chi connectivity index (χ0n) is 12.6. The lowest BCUT2D eigenvalue weighted by Gasteiger charge is -2.32. The van der Waals surface area contributed by atoms with Crippen LogP contribution in [0.4, 0.5) is 0 Å². The predicted octanol–water partition coefficient (Wildman–Crippen LogP) is 2.20. The Morgan fingerprint density at radius 1 is 1.27 bits per heavy atom. The van der Waals surface area contributed by atoms with Crippen molar-refractivity contribution < 1.29 is 4.79 Å². The molecule has 0 radical (unpaired) electrons. The molecule has 0 bridgehead atoms. The van der Waals surface area contributed by atoms with Crippen LogP contribution in [0, 0.1) is 5.92 Å². The highest BCUT2D eigenvalue weighted by Crippen LogP contribution is 2.46. The molecule has 1 aromatic rings. The molecule has 2 aliphatic heterocycles. The fourth-order valence-corrected chi connectivity index (χ4v) is 4.03. The van der Waals surface area contributed by atoms with E-state index in [4.69, 9.17) is 5.73 Å². The molecule has 1 aliphatic carbocycles. The summed E-state index contributed by atoms with van der Waals surface area (Å²) in [4.78, 5) is 19.0. The third kappa shape index (κ3) is 1.90. The third-order valence-corrected chi connectivity index (χ3v) is 4.88. The molecule has 3 atom stereocenters. The maximum absolute atomic E-state index is 12.7. The minimum atomic E-state index is -0.127. The number of nitrogens with two attached hydrogens (primary N) is 1. The average Bonchev–Trinajstić information content (AvgIpc) is 2.85. The van der Waals surface area contributed by atoms with Crippen molar-refractivity contribution in [3.05, 3.63) is 59.2 Å². The molecule has 1 fully saturated rings. The van der Waals surface area contributed by atoms with Gasteiger partial charge in [0, 0.05) is 5.92 Å². The van der Waals surface area contributed by atoms with E-state index < -0.39 is 0 Å². The first-order chi connectivity index (χ1) is 10.6. The van der Waals surface area contributed by atoms with Crippen LogP contribution in [-0.2, 0) is 4.79 Å². The molecule has 2 N–H and O–H groups in total. The molecule has 4 rings (SSSR count). The second-order valence-electron chi connectivity index (χ2n) is 6.31. The van der Waals surface area contributed by atoms with Crippen molar-refractivity contribution in [3.8, 4) is 0 Å². The van der Waals surface area contributed by atoms with E-state index >= 15 is 0 Å². The van der Waals surface area contributed by atoms with Crippen LogP contribution in [0.5, 0.6) is 0 Å². The van der Waals surface area contributed by atoms with Crippen molar-refractivity contribution in [2.24, 2.45) is 16.6 Å². The van der Waals surface area contributed by atoms with Crippen molar-refractivity contribution in [1.82, 2.24) is 4.90 Å². The van der Waals surface area contributed by atoms with Crippen LogP contribution in [0.3, 0.4) is 0 Å². The summed E-state index contributed by atoms with van der Waals surface area (Å²) in [7, 11) is 0. The Morgan fingerprint density at radius 2 is 2.05 bits per heavy atom. The topological polar surface area (TPSA) is 58.7 Å². The van der Waals surface area contributed by atoms with Gasteiger partial charge in [-0.1, -0.05) is 48.1 Å². The molecule has 4 nitrogen and oxygen atoms in total. The van der Waals surface area contributed by atoms with Crippen LogP contribution in [0.2, 0.25) is 0 Å². The fraction of sp³-hybridized carbons (Fsp3) is 0.333. The minimum absolute atomic E-state index is 0.0705. The van der Waals surface area contributed by atoms with Crippen LogP contribution in [0.25, 0.3) is 0 Å². The predicted molar refractivity (Wildman–Crippen MR) is 86.3 cm³/mol. The first-order valence-electron chi connectivity index (χ1n) is 7.71. The van der Waals surface area contributed by atoms with Gasteiger partial charge >= 0.3 is 0 Å². The molecule has 3 aliphatic rings. The lowest BCUT2D eigenvalue weighted by Crippen LogP contribution is -2.45. The molecular weight excluding hydrogens is 274 g/mol. The normalized spacial score (nSPS) is 30.2. The van der Waals surface area contributed by atoms with E-state index in [9.17, 15) is 4.79 Å².